The molecule has 0 aliphatic carbocycles. The van der Waals surface area contributed by atoms with Crippen LogP contribution in [-0.4, -0.2) is 185 Å². The van der Waals surface area contributed by atoms with E-state index in [1.54, 1.807) is 28.4 Å². The van der Waals surface area contributed by atoms with E-state index < -0.39 is 42.3 Å². The Labute approximate surface area is 648 Å². The second kappa shape index (κ2) is 48.6. The van der Waals surface area contributed by atoms with Crippen LogP contribution in [0.4, 0.5) is 4.79 Å². The maximum Gasteiger partial charge on any atom is 0.315 e. The van der Waals surface area contributed by atoms with Gasteiger partial charge in [-0.05, 0) is 192 Å². The lowest BCUT2D eigenvalue weighted by molar-refractivity contribution is -0.121. The van der Waals surface area contributed by atoms with E-state index >= 15 is 0 Å². The summed E-state index contributed by atoms with van der Waals surface area (Å²) in [5, 5.41) is 23.0. The molecule has 0 spiro atoms. The number of rotatable bonds is 48. The zero-order chi connectivity index (χ0) is 77.6. The first-order chi connectivity index (χ1) is 49.7. The van der Waals surface area contributed by atoms with Gasteiger partial charge in [0.05, 0.1) is 93.4 Å². The third-order valence-corrected chi connectivity index (χ3v) is 25.6. The smallest absolute Gasteiger partial charge is 0.315 e. The van der Waals surface area contributed by atoms with Crippen molar-refractivity contribution in [3.63, 3.8) is 0 Å². The summed E-state index contributed by atoms with van der Waals surface area (Å²) in [6.45, 7) is 27.2. The number of amides is 3. The lowest BCUT2D eigenvalue weighted by Gasteiger charge is -2.37. The van der Waals surface area contributed by atoms with Crippen molar-refractivity contribution in [3.05, 3.63) is 131 Å². The molecule has 3 amide bonds. The number of carbonyl (C=O) groups excluding carboxylic acids is 2. The van der Waals surface area contributed by atoms with Crippen LogP contribution in [0.3, 0.4) is 0 Å². The van der Waals surface area contributed by atoms with Crippen LogP contribution in [0.25, 0.3) is 0 Å². The van der Waals surface area contributed by atoms with Gasteiger partial charge in [0, 0.05) is 96.2 Å². The van der Waals surface area contributed by atoms with Gasteiger partial charge in [0.15, 0.2) is 6.29 Å². The molecular formula is C75H126N7O16P3S4. The highest BCUT2D eigenvalue weighted by molar-refractivity contribution is 8.09. The fourth-order valence-electron chi connectivity index (χ4n) is 11.1. The van der Waals surface area contributed by atoms with Gasteiger partial charge in [-0.25, -0.2) is 20.1 Å². The van der Waals surface area contributed by atoms with Gasteiger partial charge in [-0.2, -0.15) is 11.8 Å². The number of hydrogen-bond donors (Lipinski definition) is 7. The highest BCUT2D eigenvalue weighted by Gasteiger charge is 2.43. The van der Waals surface area contributed by atoms with Crippen LogP contribution in [0.15, 0.2) is 109 Å². The number of ether oxygens (including phenoxy) is 8. The molecule has 2 aliphatic heterocycles. The predicted molar refractivity (Wildman–Crippen MR) is 435 cm³/mol. The lowest BCUT2D eigenvalue weighted by Crippen LogP contribution is -2.46. The van der Waals surface area contributed by atoms with Crippen molar-refractivity contribution in [2.45, 2.75) is 187 Å². The van der Waals surface area contributed by atoms with Crippen molar-refractivity contribution < 1.29 is 74.6 Å². The minimum Gasteiger partial charge on any atom is -0.497 e. The molecule has 0 saturated carbocycles. The molecule has 7 N–H and O–H groups in total. The molecule has 105 heavy (non-hydrogen) atoms. The van der Waals surface area contributed by atoms with Crippen LogP contribution in [0.5, 0.6) is 11.5 Å². The summed E-state index contributed by atoms with van der Waals surface area (Å²) in [7, 11) is 6.57. The molecule has 596 valence electrons. The molecule has 0 bridgehead atoms. The van der Waals surface area contributed by atoms with Gasteiger partial charge in [-0.1, -0.05) is 91.9 Å². The van der Waals surface area contributed by atoms with E-state index in [4.69, 9.17) is 100 Å². The first-order valence-corrected chi connectivity index (χ1v) is 45.4. The van der Waals surface area contributed by atoms with Crippen molar-refractivity contribution in [1.82, 2.24) is 36.5 Å². The summed E-state index contributed by atoms with van der Waals surface area (Å²) in [6, 6.07) is 37.2. The molecule has 8 unspecified atom stereocenters. The summed E-state index contributed by atoms with van der Waals surface area (Å²) in [5.41, 5.74) is 2.52. The Hall–Kier alpha value is -3.12. The molecule has 2 saturated heterocycles. The van der Waals surface area contributed by atoms with Crippen LogP contribution in [0.1, 0.15) is 158 Å². The maximum absolute atomic E-state index is 12.3. The first-order valence-electron chi connectivity index (χ1n) is 36.4. The molecule has 4 aromatic rings. The highest BCUT2D eigenvalue weighted by atomic mass is 32.5. The van der Waals surface area contributed by atoms with Crippen molar-refractivity contribution in [2.24, 2.45) is 5.92 Å². The van der Waals surface area contributed by atoms with E-state index in [-0.39, 0.29) is 48.4 Å². The van der Waals surface area contributed by atoms with Crippen LogP contribution < -0.4 is 46.0 Å². The molecule has 8 atom stereocenters. The van der Waals surface area contributed by atoms with Gasteiger partial charge in [0.2, 0.25) is 5.91 Å². The van der Waals surface area contributed by atoms with Crippen LogP contribution in [0, 0.1) is 5.92 Å². The van der Waals surface area contributed by atoms with Crippen molar-refractivity contribution in [3.8, 4) is 11.5 Å². The SMILES string of the molecule is CCOCC(C)COP(=S)(NCCOc1ccc(C(OC)OC)cc1)OC(C)(C)C.CCOCCOP(=S)(NCCC(CCNC(=O)CCCC1SCC2NC(=O)NC21)OC)OC(C)(C)C.COc1ccc(C(NCCOCCNP(=S)(OC(C)C)OC(C)(C)C)(c2ccccc2)c2ccccc2)cc1. The number of methoxy groups -OCH3 is 4. The second-order valence-corrected chi connectivity index (χ2v) is 39.1. The predicted octanol–water partition coefficient (Wildman–Crippen LogP) is 14.2. The third kappa shape index (κ3) is 37.2. The van der Waals surface area contributed by atoms with E-state index in [0.717, 1.165) is 52.3 Å². The standard InChI is InChI=1S/C31H43N2O4PS.C23H45N4O6PS2.C21H38NO6PS/c1-25(2)36-38(39,37-30(3,4)5)33-22-24-35-23-21-32-31(26-13-9-7-10-14-26,27-15-11-8-12-16-27)28-17-19-29(34-6)20-18-28;1-6-31-14-15-32-34(35,33-23(2,3)4)25-13-11-17(30-5)10-12-24-20(28)9-7-8-19-21-18(16-36-19)26-22(29)27-21;1-8-25-15-17(2)16-27-29(30,28-21(3,4)5)22-13-14-26-19-11-9-18(10-12-19)20(23-6)24-7/h7-20,25,32H,21-24H2,1-6H3,(H,33,39);17-19,21H,6-16H2,1-5H3,(H,24,28)(H,25,35)(H2,26,27,29);9-12,17,20H,8,13-16H2,1-7H3,(H,22,30). The molecule has 0 radical (unpaired) electrons. The highest BCUT2D eigenvalue weighted by Crippen LogP contribution is 2.50. The molecule has 2 aliphatic rings. The molecular weight excluding hydrogens is 1480 g/mol. The Balaban J connectivity index is 0.000000336. The summed E-state index contributed by atoms with van der Waals surface area (Å²) < 4.78 is 80.2. The molecule has 0 aromatic heterocycles. The second-order valence-electron chi connectivity index (χ2n) is 28.3. The fourth-order valence-corrected chi connectivity index (χ4v) is 21.6. The van der Waals surface area contributed by atoms with E-state index in [0.29, 0.717) is 117 Å². The van der Waals surface area contributed by atoms with Crippen molar-refractivity contribution in [1.29, 1.82) is 0 Å². The summed E-state index contributed by atoms with van der Waals surface area (Å²) in [6.07, 6.45) is 3.20. The number of carbonyl (C=O) groups is 2. The zero-order valence-corrected chi connectivity index (χ0v) is 71.5. The van der Waals surface area contributed by atoms with Crippen LogP contribution in [0.2, 0.25) is 0 Å². The number of fused-ring (bicyclic) bond motifs is 1. The lowest BCUT2D eigenvalue weighted by atomic mass is 9.77. The minimum absolute atomic E-state index is 0.0235. The number of thioether (sulfide) groups is 1. The van der Waals surface area contributed by atoms with E-state index in [1.165, 1.54) is 0 Å². The molecule has 6 rings (SSSR count). The van der Waals surface area contributed by atoms with Crippen molar-refractivity contribution in [2.75, 3.05) is 126 Å². The van der Waals surface area contributed by atoms with Gasteiger partial charge in [-0.3, -0.25) is 10.1 Å². The number of nitrogens with one attached hydrogen (secondary N) is 7. The van der Waals surface area contributed by atoms with Gasteiger partial charge < -0.3 is 81.0 Å². The average Bonchev–Trinajstić information content (AvgIpc) is 1.37. The van der Waals surface area contributed by atoms with Gasteiger partial charge in [-0.15, -0.1) is 0 Å². The Morgan fingerprint density at radius 1 is 0.581 bits per heavy atom. The first kappa shape index (κ1) is 94.3. The Bertz CT molecular complexity index is 3160. The minimum atomic E-state index is -2.67. The van der Waals surface area contributed by atoms with Crippen LogP contribution in [-0.2, 0) is 101 Å². The van der Waals surface area contributed by atoms with E-state index in [9.17, 15) is 9.59 Å². The van der Waals surface area contributed by atoms with Crippen LogP contribution >= 0.6 is 31.7 Å². The fraction of sp³-hybridized carbons (Fsp3) is 0.653. The topological polar surface area (TPSA) is 248 Å². The number of urea groups is 1. The monoisotopic (exact) mass is 1600 g/mol. The van der Waals surface area contributed by atoms with Gasteiger partial charge in [0.1, 0.15) is 18.1 Å². The quantitative estimate of drug-likeness (QED) is 0.00714. The average molecular weight is 1600 g/mol. The van der Waals surface area contributed by atoms with E-state index in [1.807, 2.05) is 150 Å². The molecule has 2 heterocycles. The summed E-state index contributed by atoms with van der Waals surface area (Å²) in [4.78, 5) is 23.8. The molecule has 4 aromatic carbocycles. The van der Waals surface area contributed by atoms with E-state index in [2.05, 4.69) is 104 Å². The number of benzene rings is 4. The normalized spacial score (nSPS) is 17.7. The largest absolute Gasteiger partial charge is 0.497 e. The molecule has 2 fully saturated rings. The Morgan fingerprint density at radius 3 is 1.68 bits per heavy atom. The maximum atomic E-state index is 12.3. The summed E-state index contributed by atoms with van der Waals surface area (Å²) >= 11 is 19.0. The Morgan fingerprint density at radius 2 is 1.11 bits per heavy atom. The third-order valence-electron chi connectivity index (χ3n) is 15.5. The molecule has 30 heteroatoms. The van der Waals surface area contributed by atoms with Gasteiger partial charge in [0.25, 0.3) is 19.9 Å². The summed E-state index contributed by atoms with van der Waals surface area (Å²) in [5.74, 6) is 2.79. The molecule has 23 nitrogen and oxygen atoms in total. The zero-order valence-electron chi connectivity index (χ0n) is 65.6. The van der Waals surface area contributed by atoms with Crippen molar-refractivity contribution >= 4 is 79.0 Å². The van der Waals surface area contributed by atoms with Gasteiger partial charge >= 0.3 is 6.03 Å². The number of hydrogen-bond acceptors (Lipinski definition) is 21. The Kier molecular flexibility index (Phi) is 43.6.